The molecule has 0 bridgehead atoms. The van der Waals surface area contributed by atoms with Gasteiger partial charge in [-0.25, -0.2) is 14.4 Å². The van der Waals surface area contributed by atoms with Crippen LogP contribution in [0, 0.1) is 17.3 Å². The van der Waals surface area contributed by atoms with Gasteiger partial charge >= 0.3 is 18.3 Å². The van der Waals surface area contributed by atoms with Gasteiger partial charge in [0.25, 0.3) is 0 Å². The molecule has 3 amide bonds. The number of carbonyl (C=O) groups excluding carboxylic acids is 3. The molecule has 3 aromatic heterocycles. The molecule has 6 aliphatic rings. The normalized spacial score (nSPS) is 19.1. The number of nitrogens with zero attached hydrogens (tertiary/aromatic N) is 3. The van der Waals surface area contributed by atoms with E-state index in [2.05, 4.69) is 21.9 Å². The molecule has 0 spiro atoms. The second kappa shape index (κ2) is 31.6. The third kappa shape index (κ3) is 16.7. The van der Waals surface area contributed by atoms with E-state index >= 15 is 0 Å². The van der Waals surface area contributed by atoms with Crippen LogP contribution in [0.25, 0.3) is 32.7 Å². The van der Waals surface area contributed by atoms with Crippen LogP contribution in [0.4, 0.5) is 14.4 Å². The number of benzene rings is 6. The van der Waals surface area contributed by atoms with Gasteiger partial charge in [0.1, 0.15) is 73.5 Å². The molecule has 6 heterocycles. The number of nitrogens with one attached hydrogen (secondary N) is 3. The first-order valence-electron chi connectivity index (χ1n) is 34.7. The number of hydrogen-bond donors (Lipinski definition) is 9. The van der Waals surface area contributed by atoms with E-state index < -0.39 is 18.3 Å². The predicted octanol–water partition coefficient (Wildman–Crippen LogP) is 12.9. The molecule has 21 nitrogen and oxygen atoms in total. The highest BCUT2D eigenvalue weighted by atomic mass is 35.5. The SMILES string of the molecule is CC1(COC(=O)N2CCc3c([nH]c4ccc(Cl)cc34)[C@@H]2c2ccc(OC[C@H](O)CO)cc2)CC1.O=C(OCC1CC1)N1CCc2c([nH]c3ccc(Cl)cc23)[C@@H]1c1ccc(OC[C@@H](O)CO)cc1.O=C(OCC1CCC1)N1CCc2c([nH]c3ccc(Cl)cc23)[C@@H]1c1ccc(OC[C@H](O)CO)cc1. The van der Waals surface area contributed by atoms with Crippen LogP contribution < -0.4 is 14.2 Å². The largest absolute Gasteiger partial charge is 0.491 e. The lowest BCUT2D eigenvalue weighted by Crippen LogP contribution is -2.41. The summed E-state index contributed by atoms with van der Waals surface area (Å²) in [7, 11) is 0. The van der Waals surface area contributed by atoms with Gasteiger partial charge in [-0.1, -0.05) is 84.5 Å². The van der Waals surface area contributed by atoms with E-state index in [1.54, 1.807) is 26.8 Å². The third-order valence-corrected chi connectivity index (χ3v) is 20.7. The summed E-state index contributed by atoms with van der Waals surface area (Å²) in [4.78, 5) is 55.4. The first-order chi connectivity index (χ1) is 48.9. The highest BCUT2D eigenvalue weighted by molar-refractivity contribution is 6.32. The second-order valence-corrected chi connectivity index (χ2v) is 28.9. The number of aromatic amines is 3. The van der Waals surface area contributed by atoms with Crippen molar-refractivity contribution in [2.24, 2.45) is 17.3 Å². The van der Waals surface area contributed by atoms with E-state index in [0.29, 0.717) is 103 Å². The summed E-state index contributed by atoms with van der Waals surface area (Å²) < 4.78 is 33.8. The van der Waals surface area contributed by atoms with Crippen LogP contribution >= 0.6 is 34.8 Å². The van der Waals surface area contributed by atoms with E-state index in [1.807, 2.05) is 115 Å². The van der Waals surface area contributed by atoms with Gasteiger partial charge in [0, 0.05) is 89.9 Å². The van der Waals surface area contributed by atoms with Gasteiger partial charge in [-0.2, -0.15) is 0 Å². The average Bonchev–Trinajstić information content (AvgIpc) is 1.65. The summed E-state index contributed by atoms with van der Waals surface area (Å²) in [5, 5.41) is 60.8. The quantitative estimate of drug-likeness (QED) is 0.0302. The Hall–Kier alpha value is -8.22. The van der Waals surface area contributed by atoms with Crippen molar-refractivity contribution in [1.29, 1.82) is 0 Å². The molecule has 3 fully saturated rings. The summed E-state index contributed by atoms with van der Waals surface area (Å²) >= 11 is 18.8. The van der Waals surface area contributed by atoms with Crippen LogP contribution in [0.5, 0.6) is 17.2 Å². The van der Waals surface area contributed by atoms with Gasteiger partial charge in [-0.15, -0.1) is 0 Å². The van der Waals surface area contributed by atoms with Crippen molar-refractivity contribution in [3.05, 3.63) is 193 Å². The van der Waals surface area contributed by atoms with Crippen molar-refractivity contribution < 1.29 is 73.4 Å². The Morgan fingerprint density at radius 3 is 1.07 bits per heavy atom. The summed E-state index contributed by atoms with van der Waals surface area (Å²) in [6.07, 6.45) is 6.29. The number of amides is 3. The molecule has 3 saturated carbocycles. The van der Waals surface area contributed by atoms with Crippen LogP contribution in [0.3, 0.4) is 0 Å². The maximum Gasteiger partial charge on any atom is 0.410 e. The Kier molecular flexibility index (Phi) is 22.3. The lowest BCUT2D eigenvalue weighted by Gasteiger charge is -2.36. The second-order valence-electron chi connectivity index (χ2n) is 27.6. The van der Waals surface area contributed by atoms with Crippen LogP contribution in [0.1, 0.15) is 120 Å². The highest BCUT2D eigenvalue weighted by Gasteiger charge is 2.42. The molecule has 9 aromatic rings. The fourth-order valence-electron chi connectivity index (χ4n) is 13.6. The molecule has 6 atom stereocenters. The molecule has 3 aliphatic carbocycles. The van der Waals surface area contributed by atoms with E-state index in [4.69, 9.17) is 78.5 Å². The summed E-state index contributed by atoms with van der Waals surface area (Å²) in [5.74, 6) is 2.70. The minimum atomic E-state index is -0.933. The highest BCUT2D eigenvalue weighted by Crippen LogP contribution is 2.47. The Bertz CT molecular complexity index is 4360. The molecular formula is C77H85Cl3N6O15. The van der Waals surface area contributed by atoms with E-state index in [0.717, 1.165) is 122 Å². The van der Waals surface area contributed by atoms with Gasteiger partial charge in [0.15, 0.2) is 0 Å². The first-order valence-corrected chi connectivity index (χ1v) is 35.8. The number of hydrogen-bond acceptors (Lipinski definition) is 15. The molecular weight excluding hydrogens is 1360 g/mol. The Morgan fingerprint density at radius 2 is 0.782 bits per heavy atom. The number of H-pyrrole nitrogens is 3. The minimum Gasteiger partial charge on any atom is -0.491 e. The summed E-state index contributed by atoms with van der Waals surface area (Å²) in [6.45, 7) is 4.08. The standard InChI is InChI=1S/2C26H29ClN2O5.C25H27ClN2O5/c1-26(9-10-26)15-34-25(32)29-11-8-20-21-12-17(27)4-7-22(21)28-23(20)24(29)16-2-5-19(6-3-16)33-14-18(31)13-30;27-18-6-9-23-22(12-18)21-10-11-29(26(32)34-14-16-2-1-3-16)25(24(21)28-23)17-4-7-20(8-5-17)33-15-19(31)13-30;26-17-5-8-22-21(11-17)20-9-10-28(25(31)33-13-15-1-2-15)24(23(20)27-22)16-3-6-19(7-4-16)32-14-18(30)12-29/h2-7,12,18,24,28,30-31H,8-11,13-15H2,1H3;4-9,12,16,19,25,28,30-31H,1-3,10-11,13-15H2;3-8,11,15,18,24,27,29-30H,1-2,9-10,12-14H2/t18-,24+;19-,25+;18-,24-/m110/s1. The van der Waals surface area contributed by atoms with Gasteiger partial charge in [0.2, 0.25) is 0 Å². The molecule has 534 valence electrons. The minimum absolute atomic E-state index is 0.00339. The molecule has 101 heavy (non-hydrogen) atoms. The Labute approximate surface area is 599 Å². The summed E-state index contributed by atoms with van der Waals surface area (Å²) in [5.41, 5.74) is 12.2. The fraction of sp³-hybridized carbons (Fsp3) is 0.416. The van der Waals surface area contributed by atoms with Crippen LogP contribution in [0.15, 0.2) is 127 Å². The van der Waals surface area contributed by atoms with E-state index in [-0.39, 0.29) is 81.5 Å². The topological polar surface area (TPSA) is 285 Å². The number of rotatable bonds is 21. The predicted molar refractivity (Wildman–Crippen MR) is 383 cm³/mol. The van der Waals surface area contributed by atoms with Gasteiger partial charge in [-0.3, -0.25) is 14.7 Å². The number of ether oxygens (including phenoxy) is 6. The molecule has 9 N–H and O–H groups in total. The van der Waals surface area contributed by atoms with Gasteiger partial charge in [-0.05, 0) is 194 Å². The number of halogens is 3. The Balaban J connectivity index is 0.000000135. The molecule has 15 rings (SSSR count). The summed E-state index contributed by atoms with van der Waals surface area (Å²) in [6, 6.07) is 38.7. The lowest BCUT2D eigenvalue weighted by molar-refractivity contribution is 0.0535. The van der Waals surface area contributed by atoms with Gasteiger partial charge in [0.05, 0.1) is 39.6 Å². The van der Waals surface area contributed by atoms with E-state index in [9.17, 15) is 29.7 Å². The first kappa shape index (κ1) is 71.2. The zero-order valence-electron chi connectivity index (χ0n) is 56.1. The number of carbonyl (C=O) groups is 3. The molecule has 6 aromatic carbocycles. The van der Waals surface area contributed by atoms with Crippen LogP contribution in [-0.4, -0.2) is 176 Å². The smallest absolute Gasteiger partial charge is 0.410 e. The molecule has 24 heteroatoms. The van der Waals surface area contributed by atoms with Crippen molar-refractivity contribution in [3.8, 4) is 17.2 Å². The number of fused-ring (bicyclic) bond motifs is 9. The van der Waals surface area contributed by atoms with Crippen molar-refractivity contribution in [3.63, 3.8) is 0 Å². The number of aromatic nitrogens is 3. The lowest BCUT2D eigenvalue weighted by atomic mass is 9.86. The molecule has 0 unspecified atom stereocenters. The molecule has 0 radical (unpaired) electrons. The van der Waals surface area contributed by atoms with Crippen molar-refractivity contribution in [2.45, 2.75) is 108 Å². The molecule has 3 aliphatic heterocycles. The van der Waals surface area contributed by atoms with E-state index in [1.165, 1.54) is 6.42 Å². The van der Waals surface area contributed by atoms with Crippen LogP contribution in [0.2, 0.25) is 15.1 Å². The van der Waals surface area contributed by atoms with Crippen molar-refractivity contribution >= 4 is 85.8 Å². The fourth-order valence-corrected chi connectivity index (χ4v) is 14.1. The zero-order valence-corrected chi connectivity index (χ0v) is 58.4. The Morgan fingerprint density at radius 1 is 0.465 bits per heavy atom. The van der Waals surface area contributed by atoms with Gasteiger partial charge < -0.3 is 74.0 Å². The van der Waals surface area contributed by atoms with Crippen LogP contribution in [-0.2, 0) is 33.5 Å². The maximum absolute atomic E-state index is 13.2. The monoisotopic (exact) mass is 1440 g/mol. The van der Waals surface area contributed by atoms with Crippen molar-refractivity contribution in [1.82, 2.24) is 29.7 Å². The molecule has 0 saturated heterocycles. The maximum atomic E-state index is 13.2. The zero-order chi connectivity index (χ0) is 70.5. The number of aliphatic hydroxyl groups excluding tert-OH is 6. The average molecular weight is 1440 g/mol. The number of aliphatic hydroxyl groups is 6. The third-order valence-electron chi connectivity index (χ3n) is 20.0. The van der Waals surface area contributed by atoms with Crippen molar-refractivity contribution in [2.75, 3.05) is 79.1 Å².